The minimum absolute atomic E-state index is 0.0475. The fraction of sp³-hybridized carbons (Fsp3) is 0.750. The van der Waals surface area contributed by atoms with E-state index in [1.807, 2.05) is 0 Å². The maximum atomic E-state index is 10.8. The van der Waals surface area contributed by atoms with Crippen molar-refractivity contribution in [3.8, 4) is 0 Å². The normalized spacial score (nSPS) is 9.89. The third-order valence-corrected chi connectivity index (χ3v) is 2.20. The molecule has 0 rings (SSSR count). The van der Waals surface area contributed by atoms with Gasteiger partial charge in [-0.15, -0.1) is 0 Å². The van der Waals surface area contributed by atoms with E-state index in [-0.39, 0.29) is 11.8 Å². The molecule has 0 aliphatic carbocycles. The second kappa shape index (κ2) is 4.30. The zero-order valence-electron chi connectivity index (χ0n) is 5.17. The van der Waals surface area contributed by atoms with Gasteiger partial charge in [-0.25, -0.2) is 3.71 Å². The van der Waals surface area contributed by atoms with Crippen molar-refractivity contribution in [2.45, 2.75) is 13.8 Å². The standard InChI is InChI=1S/C4H8ClNOS2/c1-3(2)4(7)6(8)9-5/h3,8H,1-2H3. The van der Waals surface area contributed by atoms with Crippen molar-refractivity contribution >= 4 is 40.6 Å². The lowest BCUT2D eigenvalue weighted by molar-refractivity contribution is -0.125. The van der Waals surface area contributed by atoms with E-state index in [0.29, 0.717) is 0 Å². The van der Waals surface area contributed by atoms with Gasteiger partial charge in [-0.1, -0.05) is 26.7 Å². The molecule has 0 atom stereocenters. The molecule has 54 valence electrons. The highest BCUT2D eigenvalue weighted by molar-refractivity contribution is 8.23. The van der Waals surface area contributed by atoms with Crippen LogP contribution in [0.5, 0.6) is 0 Å². The highest BCUT2D eigenvalue weighted by Gasteiger charge is 2.12. The first-order valence-corrected chi connectivity index (χ1v) is 4.41. The lowest BCUT2D eigenvalue weighted by Gasteiger charge is -2.11. The van der Waals surface area contributed by atoms with Gasteiger partial charge in [0.25, 0.3) is 0 Å². The molecule has 0 heterocycles. The molecule has 1 amide bonds. The fourth-order valence-corrected chi connectivity index (χ4v) is 0.969. The second-order valence-corrected chi connectivity index (χ2v) is 3.42. The summed E-state index contributed by atoms with van der Waals surface area (Å²) in [6, 6.07) is 0. The molecule has 0 aliphatic rings. The van der Waals surface area contributed by atoms with Gasteiger partial charge in [0.2, 0.25) is 5.91 Å². The Labute approximate surface area is 69.1 Å². The van der Waals surface area contributed by atoms with Gasteiger partial charge in [0.1, 0.15) is 0 Å². The number of hydrogen-bond acceptors (Lipinski definition) is 3. The quantitative estimate of drug-likeness (QED) is 0.526. The van der Waals surface area contributed by atoms with Gasteiger partial charge in [0.05, 0.1) is 11.2 Å². The summed E-state index contributed by atoms with van der Waals surface area (Å²) in [6.07, 6.45) is 0. The maximum Gasteiger partial charge on any atom is 0.245 e. The van der Waals surface area contributed by atoms with E-state index in [2.05, 4.69) is 12.8 Å². The smallest absolute Gasteiger partial charge is 0.245 e. The number of halogens is 1. The Morgan fingerprint density at radius 1 is 1.78 bits per heavy atom. The molecule has 0 saturated carbocycles. The molecule has 0 unspecified atom stereocenters. The molecule has 5 heteroatoms. The van der Waals surface area contributed by atoms with Crippen LogP contribution in [0.25, 0.3) is 0 Å². The highest BCUT2D eigenvalue weighted by Crippen LogP contribution is 2.19. The van der Waals surface area contributed by atoms with Gasteiger partial charge in [-0.2, -0.15) is 0 Å². The molecule has 0 aromatic rings. The Kier molecular flexibility index (Phi) is 4.52. The molecule has 0 N–H and O–H groups in total. The van der Waals surface area contributed by atoms with E-state index in [0.717, 1.165) is 14.9 Å². The van der Waals surface area contributed by atoms with Gasteiger partial charge in [0, 0.05) is 5.92 Å². The zero-order valence-corrected chi connectivity index (χ0v) is 7.63. The van der Waals surface area contributed by atoms with Crippen LogP contribution in [0.3, 0.4) is 0 Å². The summed E-state index contributed by atoms with van der Waals surface area (Å²) in [5.74, 6) is -0.132. The monoisotopic (exact) mass is 185 g/mol. The van der Waals surface area contributed by atoms with E-state index in [1.165, 1.54) is 0 Å². The Bertz CT molecular complexity index is 109. The van der Waals surface area contributed by atoms with Gasteiger partial charge < -0.3 is 0 Å². The number of carbonyl (C=O) groups excluding carboxylic acids is 1. The van der Waals surface area contributed by atoms with Crippen LogP contribution in [-0.2, 0) is 4.79 Å². The van der Waals surface area contributed by atoms with Crippen LogP contribution in [0.4, 0.5) is 0 Å². The van der Waals surface area contributed by atoms with Crippen molar-refractivity contribution in [1.82, 2.24) is 3.71 Å². The van der Waals surface area contributed by atoms with Crippen molar-refractivity contribution in [3.63, 3.8) is 0 Å². The Hall–Kier alpha value is 0.460. The third kappa shape index (κ3) is 3.23. The number of amides is 1. The number of carbonyl (C=O) groups is 1. The summed E-state index contributed by atoms with van der Waals surface area (Å²) in [5, 5.41) is 0. The molecule has 0 saturated heterocycles. The van der Waals surface area contributed by atoms with Crippen molar-refractivity contribution < 1.29 is 4.79 Å². The predicted octanol–water partition coefficient (Wildman–Crippen LogP) is 2.12. The summed E-state index contributed by atoms with van der Waals surface area (Å²) in [6.45, 7) is 3.58. The molecule has 0 aromatic heterocycles. The largest absolute Gasteiger partial charge is 0.273 e. The lowest BCUT2D eigenvalue weighted by Crippen LogP contribution is -2.18. The molecular weight excluding hydrogens is 178 g/mol. The van der Waals surface area contributed by atoms with E-state index in [4.69, 9.17) is 10.7 Å². The minimum atomic E-state index is -0.0849. The van der Waals surface area contributed by atoms with Crippen LogP contribution in [-0.4, -0.2) is 9.62 Å². The molecule has 0 aliphatic heterocycles. The van der Waals surface area contributed by atoms with Gasteiger partial charge in [-0.3, -0.25) is 4.79 Å². The van der Waals surface area contributed by atoms with E-state index < -0.39 is 0 Å². The molecule has 2 nitrogen and oxygen atoms in total. The van der Waals surface area contributed by atoms with Crippen molar-refractivity contribution in [3.05, 3.63) is 0 Å². The van der Waals surface area contributed by atoms with Crippen LogP contribution in [0.2, 0.25) is 0 Å². The SMILES string of the molecule is CC(C)C(=O)N(S)SCl. The van der Waals surface area contributed by atoms with Crippen LogP contribution in [0.15, 0.2) is 0 Å². The van der Waals surface area contributed by atoms with Crippen molar-refractivity contribution in [1.29, 1.82) is 0 Å². The summed E-state index contributed by atoms with van der Waals surface area (Å²) < 4.78 is 1.10. The van der Waals surface area contributed by atoms with E-state index in [9.17, 15) is 4.79 Å². The number of hydrogen-bond donors (Lipinski definition) is 1. The average Bonchev–Trinajstić information content (AvgIpc) is 1.84. The van der Waals surface area contributed by atoms with Crippen LogP contribution < -0.4 is 0 Å². The highest BCUT2D eigenvalue weighted by atomic mass is 35.7. The molecule has 0 fully saturated rings. The Morgan fingerprint density at radius 3 is 2.33 bits per heavy atom. The molecular formula is C4H8ClNOS2. The maximum absolute atomic E-state index is 10.8. The lowest BCUT2D eigenvalue weighted by atomic mass is 10.2. The minimum Gasteiger partial charge on any atom is -0.273 e. The zero-order chi connectivity index (χ0) is 7.44. The summed E-state index contributed by atoms with van der Waals surface area (Å²) in [4.78, 5) is 10.8. The number of rotatable bonds is 2. The fourth-order valence-electron chi connectivity index (χ4n) is 0.255. The Morgan fingerprint density at radius 2 is 2.22 bits per heavy atom. The van der Waals surface area contributed by atoms with Gasteiger partial charge in [-0.05, 0) is 10.7 Å². The van der Waals surface area contributed by atoms with Crippen molar-refractivity contribution in [2.75, 3.05) is 0 Å². The van der Waals surface area contributed by atoms with E-state index >= 15 is 0 Å². The van der Waals surface area contributed by atoms with Crippen LogP contribution in [0, 0.1) is 5.92 Å². The summed E-state index contributed by atoms with van der Waals surface area (Å²) >= 11 is 4.56. The van der Waals surface area contributed by atoms with Crippen LogP contribution in [0.1, 0.15) is 13.8 Å². The van der Waals surface area contributed by atoms with Crippen LogP contribution >= 0.6 is 34.7 Å². The molecule has 0 radical (unpaired) electrons. The van der Waals surface area contributed by atoms with Gasteiger partial charge in [0.15, 0.2) is 0 Å². The topological polar surface area (TPSA) is 20.3 Å². The van der Waals surface area contributed by atoms with E-state index in [1.54, 1.807) is 13.8 Å². The first kappa shape index (κ1) is 9.46. The third-order valence-electron chi connectivity index (χ3n) is 0.748. The Balaban J connectivity index is 3.73. The average molecular weight is 186 g/mol. The molecule has 0 bridgehead atoms. The predicted molar refractivity (Wildman–Crippen MR) is 44.1 cm³/mol. The van der Waals surface area contributed by atoms with Crippen molar-refractivity contribution in [2.24, 2.45) is 5.92 Å². The molecule has 0 aromatic carbocycles. The number of thiol groups is 1. The second-order valence-electron chi connectivity index (χ2n) is 1.83. The number of nitrogens with zero attached hydrogens (tertiary/aromatic N) is 1. The van der Waals surface area contributed by atoms with Gasteiger partial charge >= 0.3 is 0 Å². The first-order chi connectivity index (χ1) is 4.09. The summed E-state index contributed by atoms with van der Waals surface area (Å²) in [5.41, 5.74) is 0. The molecule has 0 spiro atoms. The molecule has 9 heavy (non-hydrogen) atoms. The summed E-state index contributed by atoms with van der Waals surface area (Å²) in [7, 11) is 5.24. The first-order valence-electron chi connectivity index (χ1n) is 2.41.